The van der Waals surface area contributed by atoms with Gasteiger partial charge in [0, 0.05) is 38.6 Å². The van der Waals surface area contributed by atoms with Gasteiger partial charge in [-0.05, 0) is 61.8 Å². The molecule has 0 spiro atoms. The summed E-state index contributed by atoms with van der Waals surface area (Å²) in [6.07, 6.45) is 5.55. The molecule has 2 N–H and O–H groups in total. The van der Waals surface area contributed by atoms with Crippen molar-refractivity contribution in [3.8, 4) is 10.6 Å². The first-order valence-corrected chi connectivity index (χ1v) is 14.4. The number of anilines is 2. The second-order valence-electron chi connectivity index (χ2n) is 9.41. The van der Waals surface area contributed by atoms with Gasteiger partial charge in [0.25, 0.3) is 0 Å². The lowest BCUT2D eigenvalue weighted by atomic mass is 9.82. The summed E-state index contributed by atoms with van der Waals surface area (Å²) in [5.41, 5.74) is 1.56. The Kier molecular flexibility index (Phi) is 7.22. The first kappa shape index (κ1) is 24.7. The second kappa shape index (κ2) is 10.5. The molecule has 0 radical (unpaired) electrons. The van der Waals surface area contributed by atoms with E-state index >= 15 is 0 Å². The lowest BCUT2D eigenvalue weighted by molar-refractivity contribution is 0.284. The number of nitrogens with zero attached hydrogens (tertiary/aromatic N) is 4. The molecule has 1 fully saturated rings. The Balaban J connectivity index is 1.12. The van der Waals surface area contributed by atoms with E-state index in [0.29, 0.717) is 34.2 Å². The number of rotatable bonds is 9. The molecule has 0 bridgehead atoms. The minimum Gasteiger partial charge on any atom is -0.364 e. The summed E-state index contributed by atoms with van der Waals surface area (Å²) in [4.78, 5) is 12.2. The average molecular weight is 527 g/mol. The third-order valence-corrected chi connectivity index (χ3v) is 9.64. The van der Waals surface area contributed by atoms with Crippen LogP contribution in [-0.2, 0) is 10.0 Å². The Hall–Kier alpha value is -3.02. The van der Waals surface area contributed by atoms with Gasteiger partial charge in [-0.2, -0.15) is 4.98 Å². The molecule has 1 saturated carbocycles. The molecule has 0 unspecified atom stereocenters. The molecule has 0 aliphatic heterocycles. The normalized spacial score (nSPS) is 18.4. The quantitative estimate of drug-likeness (QED) is 0.325. The van der Waals surface area contributed by atoms with Crippen LogP contribution in [-0.4, -0.2) is 50.7 Å². The van der Waals surface area contributed by atoms with Gasteiger partial charge in [0.15, 0.2) is 0 Å². The molecule has 5 rings (SSSR count). The Morgan fingerprint density at radius 1 is 1.00 bits per heavy atom. The van der Waals surface area contributed by atoms with E-state index in [4.69, 9.17) is 9.51 Å². The third kappa shape index (κ3) is 5.53. The summed E-state index contributed by atoms with van der Waals surface area (Å²) in [6, 6.07) is 13.1. The van der Waals surface area contributed by atoms with E-state index in [-0.39, 0.29) is 0 Å². The van der Waals surface area contributed by atoms with E-state index < -0.39 is 10.0 Å². The van der Waals surface area contributed by atoms with Crippen molar-refractivity contribution in [2.45, 2.75) is 29.9 Å². The predicted molar refractivity (Wildman–Crippen MR) is 143 cm³/mol. The Morgan fingerprint density at radius 2 is 1.75 bits per heavy atom. The van der Waals surface area contributed by atoms with Crippen molar-refractivity contribution in [2.75, 3.05) is 37.4 Å². The number of hydrogen-bond acceptors (Lipinski definition) is 9. The summed E-state index contributed by atoms with van der Waals surface area (Å²) >= 11 is 1.20. The topological polar surface area (TPSA) is 113 Å². The average Bonchev–Trinajstić information content (AvgIpc) is 3.59. The predicted octanol–water partition coefficient (Wildman–Crippen LogP) is 4.61. The monoisotopic (exact) mass is 526 g/mol. The SMILES string of the molecule is CN(C)c1nc(NCC2CCC(CNS(=O)(=O)c3ccc(-c4ccon4)s3)CC2)nc2ccccc12. The molecule has 1 aliphatic carbocycles. The lowest BCUT2D eigenvalue weighted by Crippen LogP contribution is -2.32. The molecule has 1 aliphatic rings. The fourth-order valence-electron chi connectivity index (χ4n) is 4.60. The first-order valence-electron chi connectivity index (χ1n) is 12.1. The molecule has 1 aromatic carbocycles. The van der Waals surface area contributed by atoms with Gasteiger partial charge in [0.2, 0.25) is 16.0 Å². The van der Waals surface area contributed by atoms with E-state index in [1.165, 1.54) is 17.6 Å². The maximum absolute atomic E-state index is 12.8. The minimum absolute atomic E-state index is 0.297. The molecule has 11 heteroatoms. The molecule has 0 amide bonds. The molecule has 9 nitrogen and oxygen atoms in total. The zero-order valence-corrected chi connectivity index (χ0v) is 22.0. The van der Waals surface area contributed by atoms with Crippen LogP contribution < -0.4 is 14.9 Å². The summed E-state index contributed by atoms with van der Waals surface area (Å²) < 4.78 is 33.5. The van der Waals surface area contributed by atoms with E-state index in [0.717, 1.165) is 53.8 Å². The third-order valence-electron chi connectivity index (χ3n) is 6.62. The summed E-state index contributed by atoms with van der Waals surface area (Å²) in [6.45, 7) is 1.27. The van der Waals surface area contributed by atoms with Crippen LogP contribution in [0.3, 0.4) is 0 Å². The largest absolute Gasteiger partial charge is 0.364 e. The van der Waals surface area contributed by atoms with Crippen LogP contribution in [0.15, 0.2) is 57.5 Å². The first-order chi connectivity index (χ1) is 17.4. The van der Waals surface area contributed by atoms with Gasteiger partial charge in [-0.3, -0.25) is 0 Å². The number of para-hydroxylation sites is 1. The number of benzene rings is 1. The fraction of sp³-hybridized carbons (Fsp3) is 0.400. The highest BCUT2D eigenvalue weighted by molar-refractivity contribution is 7.91. The fourth-order valence-corrected chi connectivity index (χ4v) is 7.02. The highest BCUT2D eigenvalue weighted by atomic mass is 32.2. The molecular weight excluding hydrogens is 496 g/mol. The molecule has 3 aromatic heterocycles. The van der Waals surface area contributed by atoms with Crippen molar-refractivity contribution in [1.82, 2.24) is 19.8 Å². The van der Waals surface area contributed by atoms with Gasteiger partial charge < -0.3 is 14.7 Å². The van der Waals surface area contributed by atoms with Crippen molar-refractivity contribution in [1.29, 1.82) is 0 Å². The highest BCUT2D eigenvalue weighted by Gasteiger charge is 2.24. The number of fused-ring (bicyclic) bond motifs is 1. The van der Waals surface area contributed by atoms with Crippen molar-refractivity contribution >= 4 is 44.0 Å². The van der Waals surface area contributed by atoms with Gasteiger partial charge >= 0.3 is 0 Å². The summed E-state index contributed by atoms with van der Waals surface area (Å²) in [5, 5.41) is 8.35. The maximum atomic E-state index is 12.8. The standard InChI is InChI=1S/C25H30N6O3S2/c1-31(2)24-19-5-3-4-6-20(19)28-25(29-24)26-15-17-7-9-18(10-8-17)16-27-36(32,33)23-12-11-22(35-23)21-13-14-34-30-21/h3-6,11-14,17-18,27H,7-10,15-16H2,1-2H3,(H,26,28,29). The van der Waals surface area contributed by atoms with Crippen LogP contribution >= 0.6 is 11.3 Å². The summed E-state index contributed by atoms with van der Waals surface area (Å²) in [7, 11) is 0.435. The van der Waals surface area contributed by atoms with Gasteiger partial charge in [0.05, 0.1) is 10.4 Å². The second-order valence-corrected chi connectivity index (χ2v) is 12.5. The highest BCUT2D eigenvalue weighted by Crippen LogP contribution is 2.32. The Labute approximate surface area is 215 Å². The number of hydrogen-bond donors (Lipinski definition) is 2. The van der Waals surface area contributed by atoms with Crippen LogP contribution in [0.5, 0.6) is 0 Å². The van der Waals surface area contributed by atoms with Crippen molar-refractivity contribution in [3.05, 3.63) is 48.7 Å². The van der Waals surface area contributed by atoms with Crippen LogP contribution in [0, 0.1) is 11.8 Å². The molecule has 0 saturated heterocycles. The van der Waals surface area contributed by atoms with Crippen molar-refractivity contribution in [2.24, 2.45) is 11.8 Å². The number of aromatic nitrogens is 3. The molecule has 190 valence electrons. The van der Waals surface area contributed by atoms with Crippen molar-refractivity contribution < 1.29 is 12.9 Å². The van der Waals surface area contributed by atoms with Gasteiger partial charge in [-0.15, -0.1) is 11.3 Å². The van der Waals surface area contributed by atoms with Crippen LogP contribution in [0.1, 0.15) is 25.7 Å². The van der Waals surface area contributed by atoms with E-state index in [2.05, 4.69) is 20.2 Å². The Morgan fingerprint density at radius 3 is 2.47 bits per heavy atom. The van der Waals surface area contributed by atoms with Crippen molar-refractivity contribution in [3.63, 3.8) is 0 Å². The van der Waals surface area contributed by atoms with E-state index in [1.54, 1.807) is 18.2 Å². The lowest BCUT2D eigenvalue weighted by Gasteiger charge is -2.28. The zero-order chi connectivity index (χ0) is 25.1. The number of nitrogens with one attached hydrogen (secondary N) is 2. The van der Waals surface area contributed by atoms with Crippen LogP contribution in [0.25, 0.3) is 21.5 Å². The van der Waals surface area contributed by atoms with E-state index in [9.17, 15) is 8.42 Å². The smallest absolute Gasteiger partial charge is 0.250 e. The van der Waals surface area contributed by atoms with Crippen LogP contribution in [0.2, 0.25) is 0 Å². The summed E-state index contributed by atoms with van der Waals surface area (Å²) in [5.74, 6) is 2.40. The van der Waals surface area contributed by atoms with Gasteiger partial charge in [0.1, 0.15) is 22.0 Å². The minimum atomic E-state index is -3.54. The number of sulfonamides is 1. The maximum Gasteiger partial charge on any atom is 0.250 e. The zero-order valence-electron chi connectivity index (χ0n) is 20.3. The number of thiophene rings is 1. The van der Waals surface area contributed by atoms with Crippen LogP contribution in [0.4, 0.5) is 11.8 Å². The molecule has 4 aromatic rings. The molecular formula is C25H30N6O3S2. The van der Waals surface area contributed by atoms with Gasteiger partial charge in [-0.1, -0.05) is 17.3 Å². The Bertz CT molecular complexity index is 1410. The van der Waals surface area contributed by atoms with E-state index in [1.807, 2.05) is 43.3 Å². The molecule has 3 heterocycles. The van der Waals surface area contributed by atoms with Gasteiger partial charge in [-0.25, -0.2) is 18.1 Å². The molecule has 0 atom stereocenters. The molecule has 36 heavy (non-hydrogen) atoms.